The van der Waals surface area contributed by atoms with Crippen LogP contribution in [0.15, 0.2) is 48.9 Å². The summed E-state index contributed by atoms with van der Waals surface area (Å²) in [6.07, 6.45) is 6.82. The standard InChI is InChI=1S/C25H24N8O2/c26-7-6-25(13-18(14-25)15-27)33-17-20(16-29-33)22-5-8-28-24(31-22)30-21-3-1-19(2-4-21)23(34)32-9-11-35-12-10-32/h1-5,8,16-18H,6,9-14H2,(H,28,30,31). The molecule has 2 fully saturated rings. The summed E-state index contributed by atoms with van der Waals surface area (Å²) in [5, 5.41) is 26.1. The molecule has 176 valence electrons. The van der Waals surface area contributed by atoms with Crippen molar-refractivity contribution in [1.82, 2.24) is 24.6 Å². The summed E-state index contributed by atoms with van der Waals surface area (Å²) in [5.41, 5.74) is 2.46. The number of carbonyl (C=O) groups is 1. The number of nitrogens with one attached hydrogen (secondary N) is 1. The average Bonchev–Trinajstić information content (AvgIpc) is 3.37. The summed E-state index contributed by atoms with van der Waals surface area (Å²) < 4.78 is 7.12. The largest absolute Gasteiger partial charge is 0.378 e. The number of benzene rings is 1. The Morgan fingerprint density at radius 2 is 1.94 bits per heavy atom. The van der Waals surface area contributed by atoms with Crippen LogP contribution in [0.1, 0.15) is 29.6 Å². The molecule has 0 spiro atoms. The van der Waals surface area contributed by atoms with Gasteiger partial charge in [-0.2, -0.15) is 15.6 Å². The molecule has 2 aliphatic rings. The van der Waals surface area contributed by atoms with Gasteiger partial charge < -0.3 is 15.0 Å². The molecule has 1 saturated carbocycles. The third-order valence-electron chi connectivity index (χ3n) is 6.55. The molecule has 2 aromatic heterocycles. The van der Waals surface area contributed by atoms with Crippen LogP contribution in [0.25, 0.3) is 11.3 Å². The van der Waals surface area contributed by atoms with E-state index in [2.05, 4.69) is 32.5 Å². The highest BCUT2D eigenvalue weighted by Crippen LogP contribution is 2.46. The molecule has 0 bridgehead atoms. The number of anilines is 2. The lowest BCUT2D eigenvalue weighted by Crippen LogP contribution is -2.46. The zero-order chi connectivity index (χ0) is 24.3. The van der Waals surface area contributed by atoms with Crippen LogP contribution in [0.2, 0.25) is 0 Å². The van der Waals surface area contributed by atoms with Gasteiger partial charge in [0.15, 0.2) is 0 Å². The molecule has 1 saturated heterocycles. The zero-order valence-electron chi connectivity index (χ0n) is 19.1. The lowest BCUT2D eigenvalue weighted by Gasteiger charge is -2.43. The molecule has 1 aromatic carbocycles. The molecule has 10 nitrogen and oxygen atoms in total. The predicted molar refractivity (Wildman–Crippen MR) is 126 cm³/mol. The number of nitriles is 2. The molecular weight excluding hydrogens is 444 g/mol. The molecule has 1 aliphatic heterocycles. The molecule has 1 aliphatic carbocycles. The van der Waals surface area contributed by atoms with Gasteiger partial charge in [0.25, 0.3) is 5.91 Å². The van der Waals surface area contributed by atoms with E-state index in [1.54, 1.807) is 40.2 Å². The number of carbonyl (C=O) groups excluding carboxylic acids is 1. The van der Waals surface area contributed by atoms with Gasteiger partial charge in [-0.15, -0.1) is 0 Å². The van der Waals surface area contributed by atoms with Crippen molar-refractivity contribution in [3.05, 3.63) is 54.5 Å². The minimum Gasteiger partial charge on any atom is -0.378 e. The molecule has 0 atom stereocenters. The van der Waals surface area contributed by atoms with Crippen molar-refractivity contribution in [3.8, 4) is 23.4 Å². The van der Waals surface area contributed by atoms with E-state index in [9.17, 15) is 10.1 Å². The van der Waals surface area contributed by atoms with Crippen LogP contribution in [0.3, 0.4) is 0 Å². The van der Waals surface area contributed by atoms with Crippen LogP contribution < -0.4 is 5.32 Å². The smallest absolute Gasteiger partial charge is 0.254 e. The molecule has 0 unspecified atom stereocenters. The molecule has 5 rings (SSSR count). The highest BCUT2D eigenvalue weighted by atomic mass is 16.5. The summed E-state index contributed by atoms with van der Waals surface area (Å²) in [5.74, 6) is 0.376. The van der Waals surface area contributed by atoms with Crippen molar-refractivity contribution >= 4 is 17.5 Å². The second-order valence-electron chi connectivity index (χ2n) is 8.84. The Bertz CT molecular complexity index is 1290. The van der Waals surface area contributed by atoms with Gasteiger partial charge in [0.2, 0.25) is 5.95 Å². The summed E-state index contributed by atoms with van der Waals surface area (Å²) >= 11 is 0. The molecule has 35 heavy (non-hydrogen) atoms. The Kier molecular flexibility index (Phi) is 6.13. The van der Waals surface area contributed by atoms with Gasteiger partial charge in [0, 0.05) is 42.3 Å². The second kappa shape index (κ2) is 9.53. The summed E-state index contributed by atoms with van der Waals surface area (Å²) in [6.45, 7) is 2.34. The van der Waals surface area contributed by atoms with Crippen LogP contribution in [0, 0.1) is 28.6 Å². The fourth-order valence-electron chi connectivity index (χ4n) is 4.58. The van der Waals surface area contributed by atoms with Crippen molar-refractivity contribution in [2.75, 3.05) is 31.6 Å². The minimum atomic E-state index is -0.429. The number of hydrogen-bond acceptors (Lipinski definition) is 8. The van der Waals surface area contributed by atoms with Gasteiger partial charge in [-0.25, -0.2) is 9.97 Å². The van der Waals surface area contributed by atoms with E-state index in [0.717, 1.165) is 11.3 Å². The predicted octanol–water partition coefficient (Wildman–Crippen LogP) is 3.10. The first-order valence-electron chi connectivity index (χ1n) is 11.5. The van der Waals surface area contributed by atoms with Gasteiger partial charge in [0.05, 0.1) is 55.1 Å². The number of hydrogen-bond donors (Lipinski definition) is 1. The third kappa shape index (κ3) is 4.57. The van der Waals surface area contributed by atoms with E-state index < -0.39 is 5.54 Å². The van der Waals surface area contributed by atoms with E-state index in [1.165, 1.54) is 0 Å². The Morgan fingerprint density at radius 1 is 1.17 bits per heavy atom. The molecule has 3 aromatic rings. The first kappa shape index (κ1) is 22.5. The second-order valence-corrected chi connectivity index (χ2v) is 8.84. The van der Waals surface area contributed by atoms with Crippen molar-refractivity contribution in [2.45, 2.75) is 24.8 Å². The minimum absolute atomic E-state index is 0.00293. The average molecular weight is 469 g/mol. The first-order chi connectivity index (χ1) is 17.1. The van der Waals surface area contributed by atoms with Crippen LogP contribution >= 0.6 is 0 Å². The molecular formula is C25H24N8O2. The molecule has 1 amide bonds. The van der Waals surface area contributed by atoms with Crippen molar-refractivity contribution in [2.24, 2.45) is 5.92 Å². The molecule has 3 heterocycles. The van der Waals surface area contributed by atoms with Crippen LogP contribution in [-0.4, -0.2) is 56.9 Å². The Morgan fingerprint density at radius 3 is 2.66 bits per heavy atom. The Labute approximate surface area is 202 Å². The van der Waals surface area contributed by atoms with Crippen LogP contribution in [-0.2, 0) is 10.3 Å². The normalized spacial score (nSPS) is 21.4. The first-order valence-corrected chi connectivity index (χ1v) is 11.5. The highest BCUT2D eigenvalue weighted by Gasteiger charge is 2.46. The number of nitrogens with zero attached hydrogens (tertiary/aromatic N) is 7. The lowest BCUT2D eigenvalue weighted by molar-refractivity contribution is 0.0303. The van der Waals surface area contributed by atoms with Crippen molar-refractivity contribution in [1.29, 1.82) is 10.5 Å². The van der Waals surface area contributed by atoms with Crippen molar-refractivity contribution < 1.29 is 9.53 Å². The van der Waals surface area contributed by atoms with E-state index in [0.29, 0.717) is 62.8 Å². The maximum Gasteiger partial charge on any atom is 0.254 e. The van der Waals surface area contributed by atoms with Gasteiger partial charge in [-0.1, -0.05) is 0 Å². The lowest BCUT2D eigenvalue weighted by atomic mass is 9.67. The van der Waals surface area contributed by atoms with Gasteiger partial charge in [0.1, 0.15) is 0 Å². The summed E-state index contributed by atoms with van der Waals surface area (Å²) in [7, 11) is 0. The Balaban J connectivity index is 1.28. The van der Waals surface area contributed by atoms with Gasteiger partial charge in [-0.05, 0) is 43.2 Å². The molecule has 10 heteroatoms. The van der Waals surface area contributed by atoms with Gasteiger partial charge >= 0.3 is 0 Å². The monoisotopic (exact) mass is 468 g/mol. The quantitative estimate of drug-likeness (QED) is 0.583. The fraction of sp³-hybridized carbons (Fsp3) is 0.360. The van der Waals surface area contributed by atoms with Gasteiger partial charge in [-0.3, -0.25) is 9.48 Å². The summed E-state index contributed by atoms with van der Waals surface area (Å²) in [6, 6.07) is 13.5. The Hall–Kier alpha value is -4.28. The van der Waals surface area contributed by atoms with E-state index >= 15 is 0 Å². The third-order valence-corrected chi connectivity index (χ3v) is 6.55. The topological polar surface area (TPSA) is 133 Å². The summed E-state index contributed by atoms with van der Waals surface area (Å²) in [4.78, 5) is 23.3. The van der Waals surface area contributed by atoms with E-state index in [4.69, 9.17) is 10.00 Å². The number of rotatable bonds is 6. The number of ether oxygens (including phenoxy) is 1. The fourth-order valence-corrected chi connectivity index (χ4v) is 4.58. The number of amides is 1. The van der Waals surface area contributed by atoms with Crippen LogP contribution in [0.5, 0.6) is 0 Å². The number of morpholine rings is 1. The maximum absolute atomic E-state index is 12.6. The highest BCUT2D eigenvalue weighted by molar-refractivity contribution is 5.94. The van der Waals surface area contributed by atoms with E-state index in [1.807, 2.05) is 18.3 Å². The number of aromatic nitrogens is 4. The van der Waals surface area contributed by atoms with Crippen molar-refractivity contribution in [3.63, 3.8) is 0 Å². The van der Waals surface area contributed by atoms with E-state index in [-0.39, 0.29) is 11.8 Å². The zero-order valence-corrected chi connectivity index (χ0v) is 19.1. The molecule has 1 N–H and O–H groups in total. The molecule has 0 radical (unpaired) electrons. The van der Waals surface area contributed by atoms with Crippen LogP contribution in [0.4, 0.5) is 11.6 Å². The maximum atomic E-state index is 12.6. The SMILES string of the molecule is N#CCC1(n2cc(-c3ccnc(Nc4ccc(C(=O)N5CCOCC5)cc4)n3)cn2)CC(C#N)C1.